The summed E-state index contributed by atoms with van der Waals surface area (Å²) in [4.78, 5) is 114. The van der Waals surface area contributed by atoms with Gasteiger partial charge in [0.25, 0.3) is 0 Å². The molecule has 0 saturated carbocycles. The smallest absolute Gasteiger partial charge is 0.326 e. The van der Waals surface area contributed by atoms with E-state index in [2.05, 4.69) is 42.0 Å². The lowest BCUT2D eigenvalue weighted by Gasteiger charge is -2.22. The van der Waals surface area contributed by atoms with Crippen LogP contribution in [0, 0.1) is 0 Å². The number of carbonyl (C=O) groups excluding carboxylic acids is 6. The molecule has 83 heavy (non-hydrogen) atoms. The van der Waals surface area contributed by atoms with Crippen molar-refractivity contribution in [1.82, 2.24) is 21.3 Å². The molecule has 4 atom stereocenters. The van der Waals surface area contributed by atoms with Gasteiger partial charge in [0.2, 0.25) is 23.6 Å². The van der Waals surface area contributed by atoms with Crippen molar-refractivity contribution in [3.8, 4) is 0 Å². The van der Waals surface area contributed by atoms with Gasteiger partial charge in [-0.2, -0.15) is 11.8 Å². The van der Waals surface area contributed by atoms with E-state index in [0.29, 0.717) is 19.3 Å². The molecule has 0 aliphatic heterocycles. The summed E-state index contributed by atoms with van der Waals surface area (Å²) in [5.41, 5.74) is 0. The molecule has 7 N–H and O–H groups in total. The number of carboxylic acid groups (broad SMARTS) is 3. The lowest BCUT2D eigenvalue weighted by Crippen LogP contribution is -2.54. The van der Waals surface area contributed by atoms with Gasteiger partial charge in [-0.25, -0.2) is 4.79 Å². The molecule has 0 aromatic rings. The van der Waals surface area contributed by atoms with E-state index in [-0.39, 0.29) is 49.3 Å². The van der Waals surface area contributed by atoms with Crippen LogP contribution in [0.15, 0.2) is 0 Å². The molecular weight excluding hydrogens is 1080 g/mol. The van der Waals surface area contributed by atoms with Crippen LogP contribution in [0.5, 0.6) is 0 Å². The standard InChI is InChI=1S/C64H116N4O14S/c1-4-7-10-13-16-19-22-24-27-30-33-36-39-42-60(75)81-49-52(82-61(76)43-40-37-34-31-28-25-23-20-17-14-11-8-5-2)50-83-51-55(67-56(69)41-38-35-32-29-26-21-18-15-12-9-6-3)62(77)65-48-57(70)66-53(44-46-58(71)72)63(78)68-54(64(79)80)45-47-59(73)74/h52-55H,4-51H2,1-3H3,(H,65,77)(H,66,70)(H,67,69)(H,68,78)(H,71,72)(H,73,74)(H,79,80)/t52-,53+,54-,55+/m1/s1. The van der Waals surface area contributed by atoms with E-state index in [1.807, 2.05) is 0 Å². The van der Waals surface area contributed by atoms with Crippen molar-refractivity contribution < 1.29 is 67.9 Å². The van der Waals surface area contributed by atoms with Gasteiger partial charge in [0, 0.05) is 43.6 Å². The second kappa shape index (κ2) is 56.7. The van der Waals surface area contributed by atoms with Crippen LogP contribution >= 0.6 is 11.8 Å². The number of hydrogen-bond donors (Lipinski definition) is 7. The Labute approximate surface area is 504 Å². The van der Waals surface area contributed by atoms with Crippen molar-refractivity contribution in [2.45, 2.75) is 328 Å². The molecule has 0 rings (SSSR count). The SMILES string of the molecule is CCCCCCCCCCCCCCCC(=O)OC[C@H](CSC[C@H](NC(=O)CCCCCCCCCCCCC)C(=O)NCC(=O)N[C@@H](CCC(=O)O)C(=O)N[C@H](CCC(=O)O)C(=O)O)OC(=O)CCCCCCCCCCCCCCC. The molecule has 482 valence electrons. The predicted octanol–water partition coefficient (Wildman–Crippen LogP) is 13.2. The van der Waals surface area contributed by atoms with Crippen LogP contribution in [0.3, 0.4) is 0 Å². The van der Waals surface area contributed by atoms with Gasteiger partial charge in [0.05, 0.1) is 6.54 Å². The van der Waals surface area contributed by atoms with Gasteiger partial charge in [0.1, 0.15) is 30.8 Å². The van der Waals surface area contributed by atoms with Crippen molar-refractivity contribution in [2.75, 3.05) is 24.7 Å². The molecular formula is C64H116N4O14S. The summed E-state index contributed by atoms with van der Waals surface area (Å²) in [6, 6.07) is -4.36. The summed E-state index contributed by atoms with van der Waals surface area (Å²) >= 11 is 1.20. The van der Waals surface area contributed by atoms with Crippen LogP contribution in [-0.2, 0) is 52.6 Å². The summed E-state index contributed by atoms with van der Waals surface area (Å²) in [6.45, 7) is 5.78. The molecule has 0 aromatic heterocycles. The van der Waals surface area contributed by atoms with E-state index in [1.54, 1.807) is 0 Å². The molecule has 0 spiro atoms. The average molecular weight is 1200 g/mol. The summed E-state index contributed by atoms with van der Waals surface area (Å²) < 4.78 is 11.6. The number of carboxylic acids is 3. The average Bonchev–Trinajstić information content (AvgIpc) is 3.45. The Bertz CT molecular complexity index is 1720. The Kier molecular flexibility index (Phi) is 53.7. The largest absolute Gasteiger partial charge is 0.481 e. The molecule has 0 aliphatic carbocycles. The third kappa shape index (κ3) is 51.7. The Morgan fingerprint density at radius 1 is 0.373 bits per heavy atom. The number of hydrogen-bond acceptors (Lipinski definition) is 12. The number of carbonyl (C=O) groups is 9. The minimum absolute atomic E-state index is 0.0200. The fraction of sp³-hybridized carbons (Fsp3) is 0.859. The maximum Gasteiger partial charge on any atom is 0.326 e. The summed E-state index contributed by atoms with van der Waals surface area (Å²) in [5.74, 6) is -7.92. The lowest BCUT2D eigenvalue weighted by atomic mass is 10.0. The summed E-state index contributed by atoms with van der Waals surface area (Å²) in [7, 11) is 0. The van der Waals surface area contributed by atoms with E-state index >= 15 is 0 Å². The van der Waals surface area contributed by atoms with Crippen molar-refractivity contribution >= 4 is 65.2 Å². The van der Waals surface area contributed by atoms with Gasteiger partial charge in [-0.1, -0.05) is 239 Å². The highest BCUT2D eigenvalue weighted by Crippen LogP contribution is 2.18. The van der Waals surface area contributed by atoms with Crippen molar-refractivity contribution in [3.05, 3.63) is 0 Å². The highest BCUT2D eigenvalue weighted by Gasteiger charge is 2.29. The Balaban J connectivity index is 5.83. The molecule has 0 unspecified atom stereocenters. The van der Waals surface area contributed by atoms with Gasteiger partial charge in [-0.3, -0.25) is 38.4 Å². The molecule has 0 heterocycles. The van der Waals surface area contributed by atoms with E-state index in [9.17, 15) is 53.4 Å². The highest BCUT2D eigenvalue weighted by molar-refractivity contribution is 7.99. The van der Waals surface area contributed by atoms with Crippen molar-refractivity contribution in [3.63, 3.8) is 0 Å². The quantitative estimate of drug-likeness (QED) is 0.0220. The minimum Gasteiger partial charge on any atom is -0.481 e. The molecule has 0 saturated heterocycles. The van der Waals surface area contributed by atoms with E-state index < -0.39 is 98.1 Å². The minimum atomic E-state index is -1.64. The third-order valence-electron chi connectivity index (χ3n) is 14.9. The van der Waals surface area contributed by atoms with E-state index in [0.717, 1.165) is 64.2 Å². The maximum absolute atomic E-state index is 13.8. The predicted molar refractivity (Wildman–Crippen MR) is 330 cm³/mol. The Morgan fingerprint density at radius 3 is 1.13 bits per heavy atom. The van der Waals surface area contributed by atoms with Gasteiger partial charge >= 0.3 is 29.8 Å². The molecule has 18 nitrogen and oxygen atoms in total. The number of rotatable bonds is 61. The Hall–Kier alpha value is -4.42. The molecule has 0 aromatic carbocycles. The number of esters is 2. The molecule has 0 bridgehead atoms. The van der Waals surface area contributed by atoms with E-state index in [1.165, 1.54) is 166 Å². The van der Waals surface area contributed by atoms with Crippen molar-refractivity contribution in [2.24, 2.45) is 0 Å². The molecule has 0 radical (unpaired) electrons. The highest BCUT2D eigenvalue weighted by atomic mass is 32.2. The molecule has 0 aliphatic rings. The topological polar surface area (TPSA) is 281 Å². The van der Waals surface area contributed by atoms with Crippen molar-refractivity contribution in [1.29, 1.82) is 0 Å². The lowest BCUT2D eigenvalue weighted by molar-refractivity contribution is -0.157. The van der Waals surface area contributed by atoms with Crippen LogP contribution in [0.25, 0.3) is 0 Å². The zero-order valence-corrected chi connectivity index (χ0v) is 52.8. The second-order valence-electron chi connectivity index (χ2n) is 22.8. The monoisotopic (exact) mass is 1200 g/mol. The Morgan fingerprint density at radius 2 is 0.735 bits per heavy atom. The molecule has 0 fully saturated rings. The van der Waals surface area contributed by atoms with E-state index in [4.69, 9.17) is 14.6 Å². The van der Waals surface area contributed by atoms with Crippen LogP contribution in [0.1, 0.15) is 303 Å². The van der Waals surface area contributed by atoms with Crippen LogP contribution in [0.2, 0.25) is 0 Å². The zero-order valence-electron chi connectivity index (χ0n) is 52.0. The normalized spacial score (nSPS) is 12.6. The first-order valence-corrected chi connectivity index (χ1v) is 34.0. The fourth-order valence-corrected chi connectivity index (χ4v) is 10.8. The molecule has 4 amide bonds. The van der Waals surface area contributed by atoms with Gasteiger partial charge in [-0.05, 0) is 32.1 Å². The number of aliphatic carboxylic acids is 3. The van der Waals surface area contributed by atoms with Gasteiger partial charge < -0.3 is 46.1 Å². The summed E-state index contributed by atoms with van der Waals surface area (Å²) in [5, 5.41) is 37.7. The number of ether oxygens (including phenoxy) is 2. The van der Waals surface area contributed by atoms with Gasteiger partial charge in [-0.15, -0.1) is 0 Å². The third-order valence-corrected chi connectivity index (χ3v) is 16.1. The number of nitrogens with one attached hydrogen (secondary N) is 4. The van der Waals surface area contributed by atoms with Crippen LogP contribution in [-0.4, -0.2) is 118 Å². The first-order valence-electron chi connectivity index (χ1n) is 32.9. The van der Waals surface area contributed by atoms with Crippen LogP contribution in [0.4, 0.5) is 0 Å². The second-order valence-corrected chi connectivity index (χ2v) is 23.9. The number of unbranched alkanes of at least 4 members (excludes halogenated alkanes) is 34. The zero-order chi connectivity index (χ0) is 61.4. The number of amides is 4. The fourth-order valence-electron chi connectivity index (χ4n) is 9.78. The molecule has 19 heteroatoms. The first-order chi connectivity index (χ1) is 40.1. The van der Waals surface area contributed by atoms with Gasteiger partial charge in [0.15, 0.2) is 0 Å². The van der Waals surface area contributed by atoms with Crippen LogP contribution < -0.4 is 21.3 Å². The first kappa shape index (κ1) is 78.6. The maximum atomic E-state index is 13.8. The number of thioether (sulfide) groups is 1. The summed E-state index contributed by atoms with van der Waals surface area (Å²) in [6.07, 6.45) is 40.2.